The second kappa shape index (κ2) is 12.3. The normalized spacial score (nSPS) is 20.8. The highest BCUT2D eigenvalue weighted by Crippen LogP contribution is 2.37. The molecule has 2 heterocycles. The Kier molecular flexibility index (Phi) is 8.97. The topological polar surface area (TPSA) is 153 Å². The van der Waals surface area contributed by atoms with Crippen LogP contribution < -0.4 is 0 Å². The van der Waals surface area contributed by atoms with Gasteiger partial charge in [-0.05, 0) is 34.9 Å². The van der Waals surface area contributed by atoms with Crippen LogP contribution in [0.25, 0.3) is 10.8 Å². The molecule has 2 N–H and O–H groups in total. The van der Waals surface area contributed by atoms with Crippen molar-refractivity contribution in [2.24, 2.45) is 0 Å². The molecule has 42 heavy (non-hydrogen) atoms. The van der Waals surface area contributed by atoms with Gasteiger partial charge in [0.25, 0.3) is 0 Å². The number of nitrogens with zero attached hydrogens (tertiary/aromatic N) is 3. The van der Waals surface area contributed by atoms with Gasteiger partial charge in [-0.3, -0.25) is 19.2 Å². The van der Waals surface area contributed by atoms with Gasteiger partial charge in [0.15, 0.2) is 0 Å². The maximum Gasteiger partial charge on any atom is 0.305 e. The number of benzene rings is 3. The van der Waals surface area contributed by atoms with E-state index < -0.39 is 58.4 Å². The maximum atomic E-state index is 14.3. The summed E-state index contributed by atoms with van der Waals surface area (Å²) in [6.07, 6.45) is -2.15. The van der Waals surface area contributed by atoms with Gasteiger partial charge in [-0.2, -0.15) is 4.31 Å². The smallest absolute Gasteiger partial charge is 0.305 e. The molecule has 0 spiro atoms. The summed E-state index contributed by atoms with van der Waals surface area (Å²) in [4.78, 5) is 52.9. The molecule has 3 aromatic rings. The summed E-state index contributed by atoms with van der Waals surface area (Å²) >= 11 is 0. The molecule has 0 aliphatic carbocycles. The van der Waals surface area contributed by atoms with Crippen LogP contribution in [0.1, 0.15) is 32.3 Å². The van der Waals surface area contributed by atoms with Gasteiger partial charge in [0.2, 0.25) is 21.8 Å². The number of piperazine rings is 1. The van der Waals surface area contributed by atoms with Crippen molar-refractivity contribution in [3.05, 3.63) is 78.4 Å². The number of hydrogen-bond donors (Lipinski definition) is 2. The Hall–Kier alpha value is -4.29. The summed E-state index contributed by atoms with van der Waals surface area (Å²) < 4.78 is 29.5. The SMILES string of the molecule is C.O=C(O)CC[C@H]1C(=O)N2[C@@H](Cc3ccccc3)C(=O)N(CCC(=O)O)C[C@@H]2N1S(=O)(=O)c1ccc2ccccc2c1. The number of rotatable bonds is 10. The van der Waals surface area contributed by atoms with Gasteiger partial charge in [-0.25, -0.2) is 8.42 Å². The predicted molar refractivity (Wildman–Crippen MR) is 154 cm³/mol. The van der Waals surface area contributed by atoms with Gasteiger partial charge in [-0.15, -0.1) is 0 Å². The second-order valence-electron chi connectivity index (χ2n) is 10.2. The molecular formula is C30H33N3O8S. The van der Waals surface area contributed by atoms with Crippen molar-refractivity contribution in [2.75, 3.05) is 13.1 Å². The number of amides is 2. The Bertz CT molecular complexity index is 1610. The predicted octanol–water partition coefficient (Wildman–Crippen LogP) is 2.80. The molecule has 3 aromatic carbocycles. The fraction of sp³-hybridized carbons (Fsp3) is 0.333. The molecule has 2 amide bonds. The van der Waals surface area contributed by atoms with Crippen LogP contribution in [0.2, 0.25) is 0 Å². The quantitative estimate of drug-likeness (QED) is 0.363. The van der Waals surface area contributed by atoms with Crippen LogP contribution in [0.5, 0.6) is 0 Å². The Morgan fingerprint density at radius 2 is 1.45 bits per heavy atom. The van der Waals surface area contributed by atoms with Crippen molar-refractivity contribution in [1.82, 2.24) is 14.1 Å². The lowest BCUT2D eigenvalue weighted by atomic mass is 10.00. The fourth-order valence-corrected chi connectivity index (χ4v) is 7.43. The summed E-state index contributed by atoms with van der Waals surface area (Å²) in [6.45, 7) is -0.402. The third-order valence-corrected chi connectivity index (χ3v) is 9.48. The molecule has 0 radical (unpaired) electrons. The van der Waals surface area contributed by atoms with Crippen molar-refractivity contribution in [2.45, 2.75) is 56.3 Å². The Morgan fingerprint density at radius 1 is 0.810 bits per heavy atom. The lowest BCUT2D eigenvalue weighted by Gasteiger charge is -2.44. The van der Waals surface area contributed by atoms with Crippen molar-refractivity contribution in [1.29, 1.82) is 0 Å². The van der Waals surface area contributed by atoms with Gasteiger partial charge in [0.05, 0.1) is 17.9 Å². The summed E-state index contributed by atoms with van der Waals surface area (Å²) in [7, 11) is -4.38. The van der Waals surface area contributed by atoms with Gasteiger partial charge in [0, 0.05) is 19.4 Å². The van der Waals surface area contributed by atoms with E-state index in [2.05, 4.69) is 0 Å². The van der Waals surface area contributed by atoms with Crippen molar-refractivity contribution in [3.8, 4) is 0 Å². The average molecular weight is 596 g/mol. The zero-order valence-corrected chi connectivity index (χ0v) is 22.8. The summed E-state index contributed by atoms with van der Waals surface area (Å²) in [5.74, 6) is -3.44. The minimum absolute atomic E-state index is 0. The molecule has 2 fully saturated rings. The van der Waals surface area contributed by atoms with Crippen LogP contribution in [0.15, 0.2) is 77.7 Å². The van der Waals surface area contributed by atoms with Gasteiger partial charge in [-0.1, -0.05) is 68.1 Å². The number of carboxylic acids is 2. The first-order valence-corrected chi connectivity index (χ1v) is 14.6. The minimum atomic E-state index is -4.38. The van der Waals surface area contributed by atoms with E-state index in [0.29, 0.717) is 5.39 Å². The number of carbonyl (C=O) groups is 4. The molecule has 2 saturated heterocycles. The maximum absolute atomic E-state index is 14.3. The highest BCUT2D eigenvalue weighted by atomic mass is 32.2. The molecule has 12 heteroatoms. The summed E-state index contributed by atoms with van der Waals surface area (Å²) in [5.41, 5.74) is 0.732. The van der Waals surface area contributed by atoms with Crippen LogP contribution >= 0.6 is 0 Å². The zero-order valence-electron chi connectivity index (χ0n) is 22.0. The standard InChI is InChI=1S/C29H29N3O8S.CH4/c33-26(34)13-12-23-29(38)31-24(16-19-6-2-1-3-7-19)28(37)30(15-14-27(35)36)18-25(31)32(23)41(39,40)22-11-10-20-8-4-5-9-21(20)17-22;/h1-11,17,23-25H,12-16,18H2,(H,33,34)(H,35,36);1H4/t23-,24-,25-;/m0./s1. The molecule has 2 aliphatic rings. The molecule has 0 saturated carbocycles. The molecule has 3 atom stereocenters. The lowest BCUT2D eigenvalue weighted by molar-refractivity contribution is -0.153. The molecule has 5 rings (SSSR count). The van der Waals surface area contributed by atoms with Crippen LogP contribution in [0.4, 0.5) is 0 Å². The van der Waals surface area contributed by atoms with Crippen LogP contribution in [-0.2, 0) is 35.6 Å². The number of hydrogen-bond acceptors (Lipinski definition) is 6. The van der Waals surface area contributed by atoms with E-state index in [1.807, 2.05) is 12.1 Å². The second-order valence-corrected chi connectivity index (χ2v) is 12.0. The average Bonchev–Trinajstić information content (AvgIpc) is 3.24. The van der Waals surface area contributed by atoms with Crippen LogP contribution in [0.3, 0.4) is 0 Å². The zero-order chi connectivity index (χ0) is 29.3. The monoisotopic (exact) mass is 595 g/mol. The van der Waals surface area contributed by atoms with E-state index in [0.717, 1.165) is 15.3 Å². The number of aliphatic carboxylic acids is 2. The number of fused-ring (bicyclic) bond motifs is 2. The van der Waals surface area contributed by atoms with Crippen LogP contribution in [-0.4, -0.2) is 87.8 Å². The van der Waals surface area contributed by atoms with E-state index >= 15 is 0 Å². The number of sulfonamides is 1. The Balaban J connectivity index is 0.00000405. The molecule has 11 nitrogen and oxygen atoms in total. The summed E-state index contributed by atoms with van der Waals surface area (Å²) in [5, 5.41) is 20.1. The van der Waals surface area contributed by atoms with Gasteiger partial charge < -0.3 is 20.0 Å². The van der Waals surface area contributed by atoms with Gasteiger partial charge >= 0.3 is 11.9 Å². The molecule has 2 aliphatic heterocycles. The Labute approximate surface area is 244 Å². The van der Waals surface area contributed by atoms with Gasteiger partial charge in [0.1, 0.15) is 18.2 Å². The van der Waals surface area contributed by atoms with E-state index in [1.165, 1.54) is 21.9 Å². The molecule has 0 bridgehead atoms. The van der Waals surface area contributed by atoms with Crippen molar-refractivity contribution >= 4 is 44.5 Å². The van der Waals surface area contributed by atoms with E-state index in [9.17, 15) is 37.8 Å². The molecular weight excluding hydrogens is 562 g/mol. The van der Waals surface area contributed by atoms with E-state index in [4.69, 9.17) is 0 Å². The Morgan fingerprint density at radius 3 is 2.12 bits per heavy atom. The van der Waals surface area contributed by atoms with Crippen LogP contribution in [0, 0.1) is 0 Å². The third-order valence-electron chi connectivity index (χ3n) is 7.57. The highest BCUT2D eigenvalue weighted by molar-refractivity contribution is 7.89. The number of carboxylic acid groups (broad SMARTS) is 2. The number of carbonyl (C=O) groups excluding carboxylic acids is 2. The first kappa shape index (κ1) is 30.7. The highest BCUT2D eigenvalue weighted by Gasteiger charge is 2.58. The summed E-state index contributed by atoms with van der Waals surface area (Å²) in [6, 6.07) is 18.3. The van der Waals surface area contributed by atoms with E-state index in [1.54, 1.807) is 48.5 Å². The third kappa shape index (κ3) is 5.86. The molecule has 0 unspecified atom stereocenters. The minimum Gasteiger partial charge on any atom is -0.481 e. The first-order chi connectivity index (χ1) is 19.6. The van der Waals surface area contributed by atoms with Crippen molar-refractivity contribution in [3.63, 3.8) is 0 Å². The van der Waals surface area contributed by atoms with Crippen molar-refractivity contribution < 1.29 is 37.8 Å². The first-order valence-electron chi connectivity index (χ1n) is 13.2. The lowest BCUT2D eigenvalue weighted by Crippen LogP contribution is -2.64. The molecule has 0 aromatic heterocycles. The largest absolute Gasteiger partial charge is 0.481 e. The molecule has 222 valence electrons. The van der Waals surface area contributed by atoms with E-state index in [-0.39, 0.29) is 44.7 Å². The fourth-order valence-electron chi connectivity index (χ4n) is 5.65.